The van der Waals surface area contributed by atoms with Crippen molar-refractivity contribution in [3.63, 3.8) is 0 Å². The maximum absolute atomic E-state index is 11.3. The molecule has 2 N–H and O–H groups in total. The van der Waals surface area contributed by atoms with Gasteiger partial charge in [-0.1, -0.05) is 0 Å². The molecule has 17 heavy (non-hydrogen) atoms. The third-order valence-corrected chi connectivity index (χ3v) is 3.36. The van der Waals surface area contributed by atoms with E-state index in [0.29, 0.717) is 18.5 Å². The number of nitrogens with one attached hydrogen (secondary N) is 2. The number of likely N-dealkylation sites (N-methyl/N-ethyl adjacent to an activating group) is 1. The molecular weight excluding hydrogens is 218 g/mol. The molecule has 0 aliphatic carbocycles. The second kappa shape index (κ2) is 6.59. The monoisotopic (exact) mass is 241 g/mol. The molecule has 1 saturated heterocycles. The topological polar surface area (TPSA) is 61.4 Å². The van der Waals surface area contributed by atoms with Gasteiger partial charge < -0.3 is 15.5 Å². The lowest BCUT2D eigenvalue weighted by molar-refractivity contribution is -0.139. The highest BCUT2D eigenvalue weighted by Gasteiger charge is 2.21. The molecule has 0 radical (unpaired) electrons. The molecule has 98 valence electrons. The van der Waals surface area contributed by atoms with Crippen molar-refractivity contribution in [2.75, 3.05) is 26.7 Å². The third kappa shape index (κ3) is 4.34. The molecule has 1 heterocycles. The van der Waals surface area contributed by atoms with Crippen molar-refractivity contribution in [2.45, 2.75) is 32.7 Å². The quantitative estimate of drug-likeness (QED) is 0.682. The van der Waals surface area contributed by atoms with Crippen molar-refractivity contribution in [1.82, 2.24) is 15.5 Å². The fourth-order valence-corrected chi connectivity index (χ4v) is 2.10. The number of amides is 2. The van der Waals surface area contributed by atoms with Crippen molar-refractivity contribution < 1.29 is 9.59 Å². The summed E-state index contributed by atoms with van der Waals surface area (Å²) in [6.45, 7) is 7.18. The molecule has 0 aromatic carbocycles. The van der Waals surface area contributed by atoms with Crippen molar-refractivity contribution in [2.24, 2.45) is 5.92 Å². The molecule has 0 bridgehead atoms. The summed E-state index contributed by atoms with van der Waals surface area (Å²) in [7, 11) is 1.46. The van der Waals surface area contributed by atoms with Gasteiger partial charge in [0.15, 0.2) is 0 Å². The Bertz CT molecular complexity index is 271. The first-order valence-corrected chi connectivity index (χ1v) is 6.28. The van der Waals surface area contributed by atoms with E-state index in [9.17, 15) is 9.59 Å². The fourth-order valence-electron chi connectivity index (χ4n) is 2.10. The normalized spacial score (nSPS) is 18.1. The predicted octanol–water partition coefficient (Wildman–Crippen LogP) is -0.0310. The average molecular weight is 241 g/mol. The lowest BCUT2D eigenvalue weighted by Crippen LogP contribution is -2.44. The van der Waals surface area contributed by atoms with Crippen LogP contribution in [0.1, 0.15) is 26.7 Å². The number of piperidine rings is 1. The standard InChI is InChI=1S/C12H23N3O2/c1-9(2)15-6-4-10(5-7-15)8-14-12(17)11(16)13-3/h9-10H,4-8H2,1-3H3,(H,13,16)(H,14,17). The lowest BCUT2D eigenvalue weighted by Gasteiger charge is -2.34. The van der Waals surface area contributed by atoms with Crippen LogP contribution in [0.2, 0.25) is 0 Å². The Hall–Kier alpha value is -1.10. The zero-order valence-electron chi connectivity index (χ0n) is 11.0. The van der Waals surface area contributed by atoms with Crippen LogP contribution in [-0.4, -0.2) is 49.4 Å². The van der Waals surface area contributed by atoms with Crippen LogP contribution < -0.4 is 10.6 Å². The van der Waals surface area contributed by atoms with E-state index >= 15 is 0 Å². The molecule has 1 rings (SSSR count). The molecule has 1 aliphatic heterocycles. The minimum absolute atomic E-state index is 0.499. The van der Waals surface area contributed by atoms with Crippen LogP contribution in [0.4, 0.5) is 0 Å². The van der Waals surface area contributed by atoms with Crippen molar-refractivity contribution in [1.29, 1.82) is 0 Å². The van der Waals surface area contributed by atoms with Gasteiger partial charge in [0.25, 0.3) is 0 Å². The first kappa shape index (κ1) is 14.0. The first-order valence-electron chi connectivity index (χ1n) is 6.28. The van der Waals surface area contributed by atoms with Gasteiger partial charge in [0.1, 0.15) is 0 Å². The number of hydrogen-bond donors (Lipinski definition) is 2. The number of nitrogens with zero attached hydrogens (tertiary/aromatic N) is 1. The van der Waals surface area contributed by atoms with E-state index < -0.39 is 11.8 Å². The van der Waals surface area contributed by atoms with Crippen molar-refractivity contribution >= 4 is 11.8 Å². The molecule has 1 fully saturated rings. The van der Waals surface area contributed by atoms with Gasteiger partial charge in [-0.3, -0.25) is 9.59 Å². The summed E-state index contributed by atoms with van der Waals surface area (Å²) in [5, 5.41) is 4.99. The van der Waals surface area contributed by atoms with Crippen LogP contribution in [-0.2, 0) is 9.59 Å². The lowest BCUT2D eigenvalue weighted by atomic mass is 9.96. The van der Waals surface area contributed by atoms with Crippen LogP contribution >= 0.6 is 0 Å². The SMILES string of the molecule is CNC(=O)C(=O)NCC1CCN(C(C)C)CC1. The summed E-state index contributed by atoms with van der Waals surface area (Å²) < 4.78 is 0. The van der Waals surface area contributed by atoms with Crippen LogP contribution in [0, 0.1) is 5.92 Å². The summed E-state index contributed by atoms with van der Waals surface area (Å²) in [5.74, 6) is -0.595. The van der Waals surface area contributed by atoms with E-state index in [-0.39, 0.29) is 0 Å². The van der Waals surface area contributed by atoms with Gasteiger partial charge in [0.2, 0.25) is 0 Å². The zero-order valence-corrected chi connectivity index (χ0v) is 11.0. The van der Waals surface area contributed by atoms with Crippen molar-refractivity contribution in [3.05, 3.63) is 0 Å². The van der Waals surface area contributed by atoms with Gasteiger partial charge >= 0.3 is 11.8 Å². The molecule has 0 atom stereocenters. The van der Waals surface area contributed by atoms with Gasteiger partial charge in [-0.15, -0.1) is 0 Å². The summed E-state index contributed by atoms with van der Waals surface area (Å²) in [6.07, 6.45) is 2.18. The fraction of sp³-hybridized carbons (Fsp3) is 0.833. The third-order valence-electron chi connectivity index (χ3n) is 3.36. The highest BCUT2D eigenvalue weighted by Crippen LogP contribution is 2.17. The molecular formula is C12H23N3O2. The highest BCUT2D eigenvalue weighted by atomic mass is 16.2. The zero-order chi connectivity index (χ0) is 12.8. The molecule has 1 aliphatic rings. The van der Waals surface area contributed by atoms with Crippen LogP contribution in [0.5, 0.6) is 0 Å². The van der Waals surface area contributed by atoms with Gasteiger partial charge in [-0.05, 0) is 45.7 Å². The number of carbonyl (C=O) groups excluding carboxylic acids is 2. The van der Waals surface area contributed by atoms with E-state index in [0.717, 1.165) is 25.9 Å². The van der Waals surface area contributed by atoms with E-state index in [1.807, 2.05) is 0 Å². The minimum atomic E-state index is -0.565. The number of carbonyl (C=O) groups is 2. The second-order valence-corrected chi connectivity index (χ2v) is 4.86. The maximum Gasteiger partial charge on any atom is 0.309 e. The highest BCUT2D eigenvalue weighted by molar-refractivity contribution is 6.34. The predicted molar refractivity (Wildman–Crippen MR) is 66.5 cm³/mol. The summed E-state index contributed by atoms with van der Waals surface area (Å²) in [6, 6.07) is 0.594. The maximum atomic E-state index is 11.3. The Morgan fingerprint density at radius 1 is 1.24 bits per heavy atom. The average Bonchev–Trinajstić information content (AvgIpc) is 2.35. The summed E-state index contributed by atoms with van der Waals surface area (Å²) >= 11 is 0. The second-order valence-electron chi connectivity index (χ2n) is 4.86. The van der Waals surface area contributed by atoms with Gasteiger partial charge in [-0.25, -0.2) is 0 Å². The molecule has 0 spiro atoms. The van der Waals surface area contributed by atoms with E-state index in [1.54, 1.807) is 0 Å². The number of rotatable bonds is 3. The first-order chi connectivity index (χ1) is 8.04. The van der Waals surface area contributed by atoms with Crippen LogP contribution in [0.15, 0.2) is 0 Å². The smallest absolute Gasteiger partial charge is 0.309 e. The molecule has 0 aromatic heterocycles. The van der Waals surface area contributed by atoms with Gasteiger partial charge in [0.05, 0.1) is 0 Å². The Kier molecular flexibility index (Phi) is 5.41. The molecule has 0 unspecified atom stereocenters. The molecule has 0 saturated carbocycles. The van der Waals surface area contributed by atoms with E-state index in [1.165, 1.54) is 7.05 Å². The largest absolute Gasteiger partial charge is 0.351 e. The molecule has 2 amide bonds. The van der Waals surface area contributed by atoms with E-state index in [2.05, 4.69) is 29.4 Å². The van der Waals surface area contributed by atoms with Gasteiger partial charge in [-0.2, -0.15) is 0 Å². The van der Waals surface area contributed by atoms with Crippen LogP contribution in [0.25, 0.3) is 0 Å². The van der Waals surface area contributed by atoms with E-state index in [4.69, 9.17) is 0 Å². The summed E-state index contributed by atoms with van der Waals surface area (Å²) in [4.78, 5) is 24.7. The Balaban J connectivity index is 2.23. The molecule has 0 aromatic rings. The summed E-state index contributed by atoms with van der Waals surface area (Å²) in [5.41, 5.74) is 0. The molecule has 5 nitrogen and oxygen atoms in total. The van der Waals surface area contributed by atoms with Crippen LogP contribution in [0.3, 0.4) is 0 Å². The minimum Gasteiger partial charge on any atom is -0.351 e. The molecule has 5 heteroatoms. The Morgan fingerprint density at radius 2 is 1.82 bits per heavy atom. The number of hydrogen-bond acceptors (Lipinski definition) is 3. The number of likely N-dealkylation sites (tertiary alicyclic amines) is 1. The van der Waals surface area contributed by atoms with Crippen molar-refractivity contribution in [3.8, 4) is 0 Å². The van der Waals surface area contributed by atoms with Gasteiger partial charge in [0, 0.05) is 19.6 Å². The Labute approximate surface area is 103 Å². The Morgan fingerprint density at radius 3 is 2.29 bits per heavy atom.